The van der Waals surface area contributed by atoms with Crippen molar-refractivity contribution in [1.82, 2.24) is 15.2 Å². The van der Waals surface area contributed by atoms with Gasteiger partial charge in [-0.3, -0.25) is 4.79 Å². The Morgan fingerprint density at radius 3 is 2.81 bits per heavy atom. The summed E-state index contributed by atoms with van der Waals surface area (Å²) in [7, 11) is 0. The fourth-order valence-electron chi connectivity index (χ4n) is 6.58. The number of nitrogens with one attached hydrogen (secondary N) is 1. The van der Waals surface area contributed by atoms with Gasteiger partial charge in [0.1, 0.15) is 5.15 Å². The first-order valence-electron chi connectivity index (χ1n) is 12.2. The minimum Gasteiger partial charge on any atom is -0.339 e. The fourth-order valence-corrected chi connectivity index (χ4v) is 6.75. The Morgan fingerprint density at radius 2 is 2.03 bits per heavy atom. The molecule has 4 nitrogen and oxygen atoms in total. The van der Waals surface area contributed by atoms with E-state index in [0.717, 1.165) is 57.4 Å². The van der Waals surface area contributed by atoms with Crippen LogP contribution in [0.3, 0.4) is 0 Å². The van der Waals surface area contributed by atoms with Gasteiger partial charge in [-0.15, -0.1) is 0 Å². The summed E-state index contributed by atoms with van der Waals surface area (Å²) < 4.78 is 0. The summed E-state index contributed by atoms with van der Waals surface area (Å²) in [4.78, 5) is 21.0. The third-order valence-electron chi connectivity index (χ3n) is 8.24. The molecule has 5 rings (SSSR count). The van der Waals surface area contributed by atoms with Crippen LogP contribution < -0.4 is 5.32 Å². The first-order chi connectivity index (χ1) is 15.5. The molecule has 3 aliphatic rings. The number of carbonyl (C=O) groups is 1. The number of fused-ring (bicyclic) bond motifs is 2. The predicted octanol–water partition coefficient (Wildman–Crippen LogP) is 4.96. The first kappa shape index (κ1) is 21.9. The van der Waals surface area contributed by atoms with E-state index in [2.05, 4.69) is 65.4 Å². The molecule has 1 amide bonds. The van der Waals surface area contributed by atoms with Gasteiger partial charge in [0.05, 0.1) is 5.92 Å². The van der Waals surface area contributed by atoms with E-state index in [0.29, 0.717) is 22.9 Å². The lowest BCUT2D eigenvalue weighted by atomic mass is 9.65. The number of likely N-dealkylation sites (tertiary alicyclic amines) is 1. The predicted molar refractivity (Wildman–Crippen MR) is 129 cm³/mol. The normalized spacial score (nSPS) is 30.0. The molecule has 4 atom stereocenters. The number of aryl methyl sites for hydroxylation is 1. The van der Waals surface area contributed by atoms with E-state index in [4.69, 9.17) is 11.6 Å². The van der Waals surface area contributed by atoms with Gasteiger partial charge in [-0.1, -0.05) is 61.8 Å². The molecule has 32 heavy (non-hydrogen) atoms. The number of pyridine rings is 1. The van der Waals surface area contributed by atoms with Crippen LogP contribution in [0.25, 0.3) is 0 Å². The molecule has 1 spiro atoms. The highest BCUT2D eigenvalue weighted by Crippen LogP contribution is 2.46. The molecule has 2 fully saturated rings. The third-order valence-corrected chi connectivity index (χ3v) is 8.45. The summed E-state index contributed by atoms with van der Waals surface area (Å²) in [5.74, 6) is 1.28. The number of nitrogens with zero attached hydrogens (tertiary/aromatic N) is 2. The maximum atomic E-state index is 14.1. The molecule has 0 unspecified atom stereocenters. The molecule has 1 N–H and O–H groups in total. The summed E-state index contributed by atoms with van der Waals surface area (Å²) in [6.45, 7) is 6.99. The second kappa shape index (κ2) is 8.79. The minimum absolute atomic E-state index is 0.0287. The van der Waals surface area contributed by atoms with Crippen LogP contribution in [0.4, 0.5) is 0 Å². The van der Waals surface area contributed by atoms with Crippen molar-refractivity contribution in [3.8, 4) is 0 Å². The Kier molecular flexibility index (Phi) is 6.02. The van der Waals surface area contributed by atoms with E-state index in [1.54, 1.807) is 0 Å². The molecule has 170 valence electrons. The number of benzene rings is 1. The molecule has 2 saturated heterocycles. The van der Waals surface area contributed by atoms with Crippen molar-refractivity contribution in [3.05, 3.63) is 64.4 Å². The molecule has 0 saturated carbocycles. The maximum absolute atomic E-state index is 14.1. The third kappa shape index (κ3) is 3.76. The van der Waals surface area contributed by atoms with Crippen LogP contribution in [0.15, 0.2) is 42.5 Å². The molecule has 2 aromatic rings. The van der Waals surface area contributed by atoms with Gasteiger partial charge in [0, 0.05) is 36.8 Å². The Bertz CT molecular complexity index is 978. The first-order valence-corrected chi connectivity index (χ1v) is 12.6. The highest BCUT2D eigenvalue weighted by Gasteiger charge is 2.52. The van der Waals surface area contributed by atoms with Crippen molar-refractivity contribution in [3.63, 3.8) is 0 Å². The van der Waals surface area contributed by atoms with Crippen LogP contribution in [-0.4, -0.2) is 41.5 Å². The zero-order chi connectivity index (χ0) is 22.3. The molecule has 1 aromatic heterocycles. The van der Waals surface area contributed by atoms with Gasteiger partial charge in [-0.25, -0.2) is 4.98 Å². The number of hydrogen-bond donors (Lipinski definition) is 1. The summed E-state index contributed by atoms with van der Waals surface area (Å²) in [6, 6.07) is 15.1. The lowest BCUT2D eigenvalue weighted by Crippen LogP contribution is -2.54. The van der Waals surface area contributed by atoms with E-state index < -0.39 is 0 Å². The van der Waals surface area contributed by atoms with E-state index in [1.807, 2.05) is 6.07 Å². The van der Waals surface area contributed by atoms with Crippen molar-refractivity contribution < 1.29 is 4.79 Å². The van der Waals surface area contributed by atoms with Crippen LogP contribution in [-0.2, 0) is 16.6 Å². The molecule has 0 bridgehead atoms. The summed E-state index contributed by atoms with van der Waals surface area (Å²) >= 11 is 6.21. The number of rotatable bonds is 3. The average Bonchev–Trinajstić information content (AvgIpc) is 3.22. The smallest absolute Gasteiger partial charge is 0.228 e. The highest BCUT2D eigenvalue weighted by atomic mass is 35.5. The largest absolute Gasteiger partial charge is 0.339 e. The maximum Gasteiger partial charge on any atom is 0.228 e. The van der Waals surface area contributed by atoms with Crippen LogP contribution >= 0.6 is 11.6 Å². The minimum atomic E-state index is -0.153. The summed E-state index contributed by atoms with van der Waals surface area (Å²) in [5.41, 5.74) is 3.60. The second-order valence-electron chi connectivity index (χ2n) is 10.3. The lowest BCUT2D eigenvalue weighted by Gasteiger charge is -2.46. The van der Waals surface area contributed by atoms with Gasteiger partial charge >= 0.3 is 0 Å². The zero-order valence-corrected chi connectivity index (χ0v) is 19.9. The van der Waals surface area contributed by atoms with Crippen LogP contribution in [0.1, 0.15) is 62.3 Å². The SMILES string of the molecule is CC(C)[C@@H]1C[C@H](c2ccccc2)CCN1C(=O)[C@@H]1CNC[C@]12CCCc1nc(Cl)ccc12. The number of aromatic nitrogens is 1. The molecule has 1 aromatic carbocycles. The Morgan fingerprint density at radius 1 is 1.22 bits per heavy atom. The van der Waals surface area contributed by atoms with E-state index >= 15 is 0 Å². The monoisotopic (exact) mass is 451 g/mol. The molecular weight excluding hydrogens is 418 g/mol. The molecular formula is C27H34ClN3O. The zero-order valence-electron chi connectivity index (χ0n) is 19.2. The molecule has 3 heterocycles. The molecule has 0 radical (unpaired) electrons. The van der Waals surface area contributed by atoms with Crippen molar-refractivity contribution in [2.75, 3.05) is 19.6 Å². The van der Waals surface area contributed by atoms with Crippen molar-refractivity contribution >= 4 is 17.5 Å². The molecule has 1 aliphatic carbocycles. The fraction of sp³-hybridized carbons (Fsp3) is 0.556. The van der Waals surface area contributed by atoms with Crippen molar-refractivity contribution in [1.29, 1.82) is 0 Å². The van der Waals surface area contributed by atoms with Gasteiger partial charge in [-0.2, -0.15) is 0 Å². The Labute approximate surface area is 196 Å². The summed E-state index contributed by atoms with van der Waals surface area (Å²) in [6.07, 6.45) is 5.15. The van der Waals surface area contributed by atoms with Gasteiger partial charge in [0.2, 0.25) is 5.91 Å². The topological polar surface area (TPSA) is 45.2 Å². The number of carbonyl (C=O) groups excluding carboxylic acids is 1. The molecule has 2 aliphatic heterocycles. The van der Waals surface area contributed by atoms with Gasteiger partial charge < -0.3 is 10.2 Å². The standard InChI is InChI=1S/C27H34ClN3O/c1-18(2)24-15-20(19-7-4-3-5-8-19)12-14-31(24)26(32)22-16-29-17-27(22)13-6-9-23-21(27)10-11-25(28)30-23/h3-5,7-8,10-11,18,20,22,24,29H,6,9,12-17H2,1-2H3/t20-,22+,24+,27+/m1/s1. The highest BCUT2D eigenvalue weighted by molar-refractivity contribution is 6.29. The Balaban J connectivity index is 1.42. The van der Waals surface area contributed by atoms with Crippen molar-refractivity contribution in [2.24, 2.45) is 11.8 Å². The van der Waals surface area contributed by atoms with E-state index in [-0.39, 0.29) is 17.4 Å². The summed E-state index contributed by atoms with van der Waals surface area (Å²) in [5, 5.41) is 4.13. The van der Waals surface area contributed by atoms with E-state index in [1.165, 1.54) is 11.1 Å². The van der Waals surface area contributed by atoms with Crippen molar-refractivity contribution in [2.45, 2.75) is 63.3 Å². The number of hydrogen-bond acceptors (Lipinski definition) is 3. The Hall–Kier alpha value is -1.91. The van der Waals surface area contributed by atoms with Gasteiger partial charge in [0.25, 0.3) is 0 Å². The quantitative estimate of drug-likeness (QED) is 0.671. The number of amides is 1. The van der Waals surface area contributed by atoms with Crippen LogP contribution in [0.5, 0.6) is 0 Å². The second-order valence-corrected chi connectivity index (χ2v) is 10.7. The van der Waals surface area contributed by atoms with Crippen LogP contribution in [0, 0.1) is 11.8 Å². The molecule has 5 heteroatoms. The lowest BCUT2D eigenvalue weighted by molar-refractivity contribution is -0.142. The van der Waals surface area contributed by atoms with Gasteiger partial charge in [0.15, 0.2) is 0 Å². The van der Waals surface area contributed by atoms with E-state index in [9.17, 15) is 4.79 Å². The van der Waals surface area contributed by atoms with Gasteiger partial charge in [-0.05, 0) is 61.1 Å². The number of halogens is 1. The number of piperidine rings is 1. The van der Waals surface area contributed by atoms with Crippen LogP contribution in [0.2, 0.25) is 5.15 Å². The average molecular weight is 452 g/mol.